The molecule has 0 aliphatic rings. The summed E-state index contributed by atoms with van der Waals surface area (Å²) in [5.41, 5.74) is 7.36. The van der Waals surface area contributed by atoms with Crippen LogP contribution in [0.2, 0.25) is 0 Å². The molecule has 25 heavy (non-hydrogen) atoms. The minimum absolute atomic E-state index is 0.0462. The van der Waals surface area contributed by atoms with E-state index in [0.29, 0.717) is 29.2 Å². The van der Waals surface area contributed by atoms with Crippen molar-refractivity contribution in [2.45, 2.75) is 6.42 Å². The van der Waals surface area contributed by atoms with Crippen molar-refractivity contribution >= 4 is 22.8 Å². The highest BCUT2D eigenvalue weighted by atomic mass is 19.1. The molecule has 2 aromatic heterocycles. The molecule has 0 atom stereocenters. The molecule has 0 unspecified atom stereocenters. The van der Waals surface area contributed by atoms with Crippen LogP contribution in [0.25, 0.3) is 11.1 Å². The number of hydrogen-bond acceptors (Lipinski definition) is 5. The molecular formula is C18H17F2N3O2. The van der Waals surface area contributed by atoms with Crippen LogP contribution in [0.5, 0.6) is 0 Å². The number of nitrogens with zero attached hydrogens (tertiary/aromatic N) is 2. The molecule has 0 radical (unpaired) electrons. The Morgan fingerprint density at radius 1 is 1.24 bits per heavy atom. The van der Waals surface area contributed by atoms with E-state index in [-0.39, 0.29) is 17.1 Å². The van der Waals surface area contributed by atoms with Gasteiger partial charge in [0, 0.05) is 18.2 Å². The molecular weight excluding hydrogens is 328 g/mol. The van der Waals surface area contributed by atoms with Gasteiger partial charge in [0.1, 0.15) is 22.8 Å². The van der Waals surface area contributed by atoms with Crippen LogP contribution in [0.4, 0.5) is 14.7 Å². The quantitative estimate of drug-likeness (QED) is 0.720. The predicted molar refractivity (Wildman–Crippen MR) is 90.5 cm³/mol. The Kier molecular flexibility index (Phi) is 4.50. The largest absolute Gasteiger partial charge is 0.439 e. The maximum Gasteiger partial charge on any atom is 0.214 e. The van der Waals surface area contributed by atoms with Crippen molar-refractivity contribution in [1.29, 1.82) is 0 Å². The third-order valence-electron chi connectivity index (χ3n) is 3.88. The molecule has 2 N–H and O–H groups in total. The zero-order valence-corrected chi connectivity index (χ0v) is 13.8. The fourth-order valence-corrected chi connectivity index (χ4v) is 2.56. The van der Waals surface area contributed by atoms with Gasteiger partial charge in [0.2, 0.25) is 5.78 Å². The van der Waals surface area contributed by atoms with Crippen LogP contribution < -0.4 is 5.73 Å². The Balaban J connectivity index is 2.02. The van der Waals surface area contributed by atoms with E-state index in [1.165, 1.54) is 6.07 Å². The van der Waals surface area contributed by atoms with Crippen LogP contribution in [0.1, 0.15) is 21.6 Å². The molecule has 0 fully saturated rings. The van der Waals surface area contributed by atoms with E-state index in [4.69, 9.17) is 10.2 Å². The van der Waals surface area contributed by atoms with Crippen molar-refractivity contribution in [2.75, 3.05) is 26.4 Å². The summed E-state index contributed by atoms with van der Waals surface area (Å²) in [6, 6.07) is 5.82. The molecule has 0 aliphatic heterocycles. The molecule has 0 saturated carbocycles. The smallest absolute Gasteiger partial charge is 0.214 e. The number of carbonyl (C=O) groups excluding carboxylic acids is 1. The van der Waals surface area contributed by atoms with Gasteiger partial charge in [-0.15, -0.1) is 0 Å². The van der Waals surface area contributed by atoms with Gasteiger partial charge in [-0.25, -0.2) is 13.8 Å². The van der Waals surface area contributed by atoms with Gasteiger partial charge in [0.15, 0.2) is 11.5 Å². The monoisotopic (exact) mass is 345 g/mol. The van der Waals surface area contributed by atoms with Crippen LogP contribution >= 0.6 is 0 Å². The highest BCUT2D eigenvalue weighted by Gasteiger charge is 2.19. The average Bonchev–Trinajstić information content (AvgIpc) is 2.86. The molecule has 7 heteroatoms. The molecule has 0 bridgehead atoms. The molecule has 3 aromatic rings. The second kappa shape index (κ2) is 6.60. The second-order valence-electron chi connectivity index (χ2n) is 5.99. The topological polar surface area (TPSA) is 72.4 Å². The first kappa shape index (κ1) is 17.0. The molecule has 5 nitrogen and oxygen atoms in total. The number of rotatable bonds is 5. The van der Waals surface area contributed by atoms with Crippen LogP contribution in [-0.4, -0.2) is 36.3 Å². The Labute approximate surface area is 143 Å². The number of furan rings is 1. The second-order valence-corrected chi connectivity index (χ2v) is 5.99. The summed E-state index contributed by atoms with van der Waals surface area (Å²) in [6.07, 6.45) is 0.599. The molecule has 1 aromatic carbocycles. The third kappa shape index (κ3) is 3.36. The normalized spacial score (nSPS) is 11.4. The van der Waals surface area contributed by atoms with Gasteiger partial charge in [-0.05, 0) is 44.8 Å². The van der Waals surface area contributed by atoms with Crippen molar-refractivity contribution in [2.24, 2.45) is 0 Å². The van der Waals surface area contributed by atoms with Crippen molar-refractivity contribution in [1.82, 2.24) is 9.88 Å². The van der Waals surface area contributed by atoms with Crippen LogP contribution in [0.15, 0.2) is 34.7 Å². The summed E-state index contributed by atoms with van der Waals surface area (Å²) in [5, 5.41) is 0. The number of likely N-dealkylation sites (N-methyl/N-ethyl adjacent to an activating group) is 1. The number of fused-ring (bicyclic) bond motifs is 1. The molecule has 3 rings (SSSR count). The van der Waals surface area contributed by atoms with Gasteiger partial charge in [-0.2, -0.15) is 0 Å². The lowest BCUT2D eigenvalue weighted by atomic mass is 10.1. The zero-order chi connectivity index (χ0) is 18.1. The number of nitrogen functional groups attached to an aromatic ring is 1. The lowest BCUT2D eigenvalue weighted by Gasteiger charge is -2.08. The van der Waals surface area contributed by atoms with E-state index in [1.807, 2.05) is 19.0 Å². The number of carbonyl (C=O) groups is 1. The number of aromatic nitrogens is 1. The van der Waals surface area contributed by atoms with Crippen LogP contribution in [0, 0.1) is 11.6 Å². The zero-order valence-electron chi connectivity index (χ0n) is 13.8. The minimum Gasteiger partial charge on any atom is -0.439 e. The molecule has 130 valence electrons. The van der Waals surface area contributed by atoms with Crippen molar-refractivity contribution in [3.8, 4) is 0 Å². The van der Waals surface area contributed by atoms with Crippen LogP contribution in [-0.2, 0) is 6.42 Å². The Morgan fingerprint density at radius 2 is 2.00 bits per heavy atom. The molecule has 2 heterocycles. The summed E-state index contributed by atoms with van der Waals surface area (Å²) in [6.45, 7) is 0.727. The van der Waals surface area contributed by atoms with E-state index in [0.717, 1.165) is 18.7 Å². The average molecular weight is 345 g/mol. The molecule has 0 aliphatic carbocycles. The number of halogens is 2. The summed E-state index contributed by atoms with van der Waals surface area (Å²) in [4.78, 5) is 18.8. The standard InChI is InChI=1S/C18H17F2N3O2/c1-23(2)8-7-12-16-15(25-18(12)21)6-5-14(22-16)17(24)11-4-3-10(19)9-13(11)20/h3-6,9H,7-8,21H2,1-2H3. The third-order valence-corrected chi connectivity index (χ3v) is 3.88. The van der Waals surface area contributed by atoms with Gasteiger partial charge in [-0.3, -0.25) is 4.79 Å². The van der Waals surface area contributed by atoms with E-state index < -0.39 is 17.4 Å². The highest BCUT2D eigenvalue weighted by molar-refractivity contribution is 6.08. The number of ketones is 1. The van der Waals surface area contributed by atoms with E-state index in [2.05, 4.69) is 4.98 Å². The Bertz CT molecular complexity index is 951. The summed E-state index contributed by atoms with van der Waals surface area (Å²) in [7, 11) is 3.86. The van der Waals surface area contributed by atoms with Gasteiger partial charge in [0.25, 0.3) is 0 Å². The SMILES string of the molecule is CN(C)CCc1c(N)oc2ccc(C(=O)c3ccc(F)cc3F)nc12. The summed E-state index contributed by atoms with van der Waals surface area (Å²) < 4.78 is 32.4. The summed E-state index contributed by atoms with van der Waals surface area (Å²) in [5.74, 6) is -2.04. The Hall–Kier alpha value is -2.80. The lowest BCUT2D eigenvalue weighted by Crippen LogP contribution is -2.15. The number of nitrogens with two attached hydrogens (primary N) is 1. The molecule has 0 amide bonds. The van der Waals surface area contributed by atoms with E-state index in [9.17, 15) is 13.6 Å². The molecule has 0 spiro atoms. The number of pyridine rings is 1. The van der Waals surface area contributed by atoms with Gasteiger partial charge in [0.05, 0.1) is 5.56 Å². The maximum atomic E-state index is 13.9. The first-order valence-corrected chi connectivity index (χ1v) is 7.69. The highest BCUT2D eigenvalue weighted by Crippen LogP contribution is 2.28. The number of benzene rings is 1. The minimum atomic E-state index is -0.925. The maximum absolute atomic E-state index is 13.9. The number of hydrogen-bond donors (Lipinski definition) is 1. The van der Waals surface area contributed by atoms with E-state index >= 15 is 0 Å². The number of anilines is 1. The van der Waals surface area contributed by atoms with Crippen molar-refractivity contribution in [3.05, 3.63) is 58.8 Å². The first-order valence-electron chi connectivity index (χ1n) is 7.69. The molecule has 0 saturated heterocycles. The first-order chi connectivity index (χ1) is 11.9. The van der Waals surface area contributed by atoms with Crippen LogP contribution in [0.3, 0.4) is 0 Å². The fourth-order valence-electron chi connectivity index (χ4n) is 2.56. The van der Waals surface area contributed by atoms with Gasteiger partial charge >= 0.3 is 0 Å². The van der Waals surface area contributed by atoms with Gasteiger partial charge in [-0.1, -0.05) is 0 Å². The van der Waals surface area contributed by atoms with E-state index in [1.54, 1.807) is 6.07 Å². The Morgan fingerprint density at radius 3 is 2.68 bits per heavy atom. The van der Waals surface area contributed by atoms with Crippen molar-refractivity contribution < 1.29 is 18.0 Å². The lowest BCUT2D eigenvalue weighted by molar-refractivity contribution is 0.103. The van der Waals surface area contributed by atoms with Crippen molar-refractivity contribution in [3.63, 3.8) is 0 Å². The van der Waals surface area contributed by atoms with Gasteiger partial charge < -0.3 is 15.1 Å². The fraction of sp³-hybridized carbons (Fsp3) is 0.222. The summed E-state index contributed by atoms with van der Waals surface area (Å²) >= 11 is 0. The predicted octanol–water partition coefficient (Wildman–Crippen LogP) is 3.02.